The molecule has 3 nitrogen and oxygen atoms in total. The second-order valence-corrected chi connectivity index (χ2v) is 3.75. The van der Waals surface area contributed by atoms with Gasteiger partial charge in [-0.2, -0.15) is 0 Å². The van der Waals surface area contributed by atoms with Gasteiger partial charge >= 0.3 is 0 Å². The second kappa shape index (κ2) is 6.94. The van der Waals surface area contributed by atoms with Gasteiger partial charge in [0.25, 0.3) is 0 Å². The predicted molar refractivity (Wildman–Crippen MR) is 69.1 cm³/mol. The molecular formula is C14H21NO2. The van der Waals surface area contributed by atoms with Crippen molar-refractivity contribution in [1.29, 1.82) is 0 Å². The third-order valence-corrected chi connectivity index (χ3v) is 2.75. The van der Waals surface area contributed by atoms with Crippen LogP contribution in [0.15, 0.2) is 24.3 Å². The lowest BCUT2D eigenvalue weighted by Gasteiger charge is -2.24. The topological polar surface area (TPSA) is 38.3 Å². The fourth-order valence-electron chi connectivity index (χ4n) is 1.99. The molecule has 1 aromatic carbocycles. The minimum absolute atomic E-state index is 0.113. The first kappa shape index (κ1) is 13.6. The number of carbonyl (C=O) groups is 1. The Kier molecular flexibility index (Phi) is 5.53. The molecule has 3 heteroatoms. The first-order valence-corrected chi connectivity index (χ1v) is 6.23. The standard InChI is InChI=1S/C12H15NO2.C2H6/c1-15-11-7-3-2-5-9(11)10-6-4-8-12(14)13-10;1-2/h2-3,5,7,10H,4,6,8H2,1H3,(H,13,14);1-2H3. The summed E-state index contributed by atoms with van der Waals surface area (Å²) in [6.07, 6.45) is 2.59. The van der Waals surface area contributed by atoms with Crippen molar-refractivity contribution in [1.82, 2.24) is 5.32 Å². The minimum Gasteiger partial charge on any atom is -0.496 e. The normalized spacial score (nSPS) is 18.8. The van der Waals surface area contributed by atoms with E-state index in [0.717, 1.165) is 24.2 Å². The number of benzene rings is 1. The van der Waals surface area contributed by atoms with Crippen LogP contribution in [0.1, 0.15) is 44.7 Å². The van der Waals surface area contributed by atoms with E-state index in [0.29, 0.717) is 6.42 Å². The van der Waals surface area contributed by atoms with Gasteiger partial charge in [-0.25, -0.2) is 0 Å². The molecular weight excluding hydrogens is 214 g/mol. The fourth-order valence-corrected chi connectivity index (χ4v) is 1.99. The zero-order valence-corrected chi connectivity index (χ0v) is 10.8. The zero-order valence-electron chi connectivity index (χ0n) is 10.8. The van der Waals surface area contributed by atoms with Crippen LogP contribution in [0, 0.1) is 0 Å². The van der Waals surface area contributed by atoms with Crippen LogP contribution in [0.3, 0.4) is 0 Å². The Balaban J connectivity index is 0.000000686. The number of amides is 1. The molecule has 1 atom stereocenters. The molecule has 2 rings (SSSR count). The zero-order chi connectivity index (χ0) is 12.7. The highest BCUT2D eigenvalue weighted by atomic mass is 16.5. The molecule has 0 spiro atoms. The third-order valence-electron chi connectivity index (χ3n) is 2.75. The number of para-hydroxylation sites is 1. The first-order chi connectivity index (χ1) is 8.31. The Morgan fingerprint density at radius 2 is 2.00 bits per heavy atom. The van der Waals surface area contributed by atoms with Crippen LogP contribution in [0.4, 0.5) is 0 Å². The number of rotatable bonds is 2. The van der Waals surface area contributed by atoms with Crippen LogP contribution in [0.25, 0.3) is 0 Å². The summed E-state index contributed by atoms with van der Waals surface area (Å²) >= 11 is 0. The maximum atomic E-state index is 11.3. The molecule has 1 saturated heterocycles. The largest absolute Gasteiger partial charge is 0.496 e. The molecule has 1 aromatic rings. The summed E-state index contributed by atoms with van der Waals surface area (Å²) in [6, 6.07) is 7.96. The average Bonchev–Trinajstić information content (AvgIpc) is 2.41. The van der Waals surface area contributed by atoms with Gasteiger partial charge in [0.2, 0.25) is 5.91 Å². The van der Waals surface area contributed by atoms with Crippen LogP contribution in [-0.2, 0) is 4.79 Å². The molecule has 1 amide bonds. The summed E-state index contributed by atoms with van der Waals surface area (Å²) in [7, 11) is 1.66. The molecule has 0 aromatic heterocycles. The van der Waals surface area contributed by atoms with Gasteiger partial charge in [-0.15, -0.1) is 0 Å². The number of ether oxygens (including phenoxy) is 1. The summed E-state index contributed by atoms with van der Waals surface area (Å²) in [6.45, 7) is 4.00. The molecule has 94 valence electrons. The lowest BCUT2D eigenvalue weighted by molar-refractivity contribution is -0.123. The molecule has 1 fully saturated rings. The molecule has 0 bridgehead atoms. The molecule has 1 unspecified atom stereocenters. The van der Waals surface area contributed by atoms with E-state index in [-0.39, 0.29) is 11.9 Å². The van der Waals surface area contributed by atoms with Gasteiger partial charge < -0.3 is 10.1 Å². The molecule has 0 saturated carbocycles. The molecule has 17 heavy (non-hydrogen) atoms. The van der Waals surface area contributed by atoms with Gasteiger partial charge in [0.15, 0.2) is 0 Å². The van der Waals surface area contributed by atoms with Crippen LogP contribution in [0.2, 0.25) is 0 Å². The maximum Gasteiger partial charge on any atom is 0.220 e. The monoisotopic (exact) mass is 235 g/mol. The quantitative estimate of drug-likeness (QED) is 0.855. The van der Waals surface area contributed by atoms with Crippen molar-refractivity contribution >= 4 is 5.91 Å². The van der Waals surface area contributed by atoms with Gasteiger partial charge in [0.05, 0.1) is 13.2 Å². The van der Waals surface area contributed by atoms with Crippen LogP contribution in [0.5, 0.6) is 5.75 Å². The highest BCUT2D eigenvalue weighted by Gasteiger charge is 2.21. The Bertz CT molecular complexity index is 363. The van der Waals surface area contributed by atoms with E-state index in [2.05, 4.69) is 5.32 Å². The summed E-state index contributed by atoms with van der Waals surface area (Å²) in [5, 5.41) is 2.99. The number of hydrogen-bond acceptors (Lipinski definition) is 2. The van der Waals surface area contributed by atoms with E-state index in [9.17, 15) is 4.79 Å². The van der Waals surface area contributed by atoms with Crippen molar-refractivity contribution in [2.45, 2.75) is 39.2 Å². The van der Waals surface area contributed by atoms with E-state index in [1.165, 1.54) is 0 Å². The van der Waals surface area contributed by atoms with Gasteiger partial charge in [0, 0.05) is 12.0 Å². The highest BCUT2D eigenvalue weighted by Crippen LogP contribution is 2.30. The Labute approximate surface area is 103 Å². The molecule has 1 heterocycles. The van der Waals surface area contributed by atoms with Crippen molar-refractivity contribution in [2.24, 2.45) is 0 Å². The Morgan fingerprint density at radius 3 is 2.65 bits per heavy atom. The van der Waals surface area contributed by atoms with Crippen LogP contribution >= 0.6 is 0 Å². The molecule has 1 N–H and O–H groups in total. The van der Waals surface area contributed by atoms with E-state index >= 15 is 0 Å². The Morgan fingerprint density at radius 1 is 1.29 bits per heavy atom. The summed E-state index contributed by atoms with van der Waals surface area (Å²) in [4.78, 5) is 11.3. The predicted octanol–water partition coefficient (Wildman–Crippen LogP) is 3.06. The first-order valence-electron chi connectivity index (χ1n) is 6.23. The number of piperidine rings is 1. The third kappa shape index (κ3) is 3.48. The van der Waals surface area contributed by atoms with Crippen molar-refractivity contribution < 1.29 is 9.53 Å². The smallest absolute Gasteiger partial charge is 0.220 e. The summed E-state index contributed by atoms with van der Waals surface area (Å²) in [5.74, 6) is 0.988. The lowest BCUT2D eigenvalue weighted by atomic mass is 9.96. The van der Waals surface area contributed by atoms with Gasteiger partial charge in [0.1, 0.15) is 5.75 Å². The number of methoxy groups -OCH3 is 1. The van der Waals surface area contributed by atoms with E-state index in [1.807, 2.05) is 38.1 Å². The molecule has 1 aliphatic heterocycles. The van der Waals surface area contributed by atoms with Crippen LogP contribution < -0.4 is 10.1 Å². The van der Waals surface area contributed by atoms with E-state index in [4.69, 9.17) is 4.74 Å². The Hall–Kier alpha value is -1.51. The summed E-state index contributed by atoms with van der Waals surface area (Å²) in [5.41, 5.74) is 1.08. The van der Waals surface area contributed by atoms with Gasteiger partial charge in [-0.3, -0.25) is 4.79 Å². The number of nitrogens with one attached hydrogen (secondary N) is 1. The average molecular weight is 235 g/mol. The second-order valence-electron chi connectivity index (χ2n) is 3.75. The SMILES string of the molecule is CC.COc1ccccc1C1CCCC(=O)N1. The number of carbonyl (C=O) groups excluding carboxylic acids is 1. The fraction of sp³-hybridized carbons (Fsp3) is 0.500. The van der Waals surface area contributed by atoms with Gasteiger partial charge in [-0.05, 0) is 18.9 Å². The molecule has 1 aliphatic rings. The molecule has 0 aliphatic carbocycles. The minimum atomic E-state index is 0.113. The lowest BCUT2D eigenvalue weighted by Crippen LogP contribution is -2.32. The summed E-state index contributed by atoms with van der Waals surface area (Å²) < 4.78 is 5.28. The number of hydrogen-bond donors (Lipinski definition) is 1. The van der Waals surface area contributed by atoms with Crippen molar-refractivity contribution in [2.75, 3.05) is 7.11 Å². The van der Waals surface area contributed by atoms with E-state index in [1.54, 1.807) is 7.11 Å². The van der Waals surface area contributed by atoms with Crippen molar-refractivity contribution in [3.8, 4) is 5.75 Å². The van der Waals surface area contributed by atoms with Crippen LogP contribution in [-0.4, -0.2) is 13.0 Å². The maximum absolute atomic E-state index is 11.3. The van der Waals surface area contributed by atoms with E-state index < -0.39 is 0 Å². The van der Waals surface area contributed by atoms with Gasteiger partial charge in [-0.1, -0.05) is 32.0 Å². The molecule has 0 radical (unpaired) electrons. The van der Waals surface area contributed by atoms with Crippen molar-refractivity contribution in [3.05, 3.63) is 29.8 Å². The van der Waals surface area contributed by atoms with Crippen molar-refractivity contribution in [3.63, 3.8) is 0 Å². The highest BCUT2D eigenvalue weighted by molar-refractivity contribution is 5.77.